The number of nitrogens with zero attached hydrogens (tertiary/aromatic N) is 7. The van der Waals surface area contributed by atoms with E-state index < -0.39 is 59.5 Å². The van der Waals surface area contributed by atoms with E-state index in [-0.39, 0.29) is 42.5 Å². The van der Waals surface area contributed by atoms with Crippen LogP contribution in [-0.4, -0.2) is 93.2 Å². The smallest absolute Gasteiger partial charge is 0.317 e. The molecular weight excluding hydrogens is 664 g/mol. The van der Waals surface area contributed by atoms with Gasteiger partial charge in [-0.1, -0.05) is 11.8 Å². The van der Waals surface area contributed by atoms with Crippen molar-refractivity contribution in [3.63, 3.8) is 0 Å². The van der Waals surface area contributed by atoms with Gasteiger partial charge in [-0.15, -0.1) is 15.9 Å². The van der Waals surface area contributed by atoms with Crippen LogP contribution in [0.4, 0.5) is 0 Å². The van der Waals surface area contributed by atoms with Crippen molar-refractivity contribution in [2.24, 2.45) is 0 Å². The highest BCUT2D eigenvalue weighted by Crippen LogP contribution is 2.30. The van der Waals surface area contributed by atoms with E-state index in [0.29, 0.717) is 24.8 Å². The van der Waals surface area contributed by atoms with E-state index in [4.69, 9.17) is 15.3 Å². The number of aromatic nitrogens is 5. The molecule has 47 heavy (non-hydrogen) atoms. The van der Waals surface area contributed by atoms with Crippen LogP contribution in [0, 0.1) is 11.8 Å². The maximum Gasteiger partial charge on any atom is 0.317 e. The fraction of sp³-hybridized carbons (Fsp3) is 0.385. The van der Waals surface area contributed by atoms with Crippen LogP contribution < -0.4 is 29.4 Å². The molecule has 0 saturated carbocycles. The van der Waals surface area contributed by atoms with Gasteiger partial charge in [0.1, 0.15) is 0 Å². The van der Waals surface area contributed by atoms with Crippen molar-refractivity contribution in [3.8, 4) is 23.5 Å². The fourth-order valence-corrected chi connectivity index (χ4v) is 5.63. The summed E-state index contributed by atoms with van der Waals surface area (Å²) in [6, 6.07) is 6.04. The second-order valence-electron chi connectivity index (χ2n) is 10.2. The van der Waals surface area contributed by atoms with Gasteiger partial charge in [0, 0.05) is 43.9 Å². The Labute approximate surface area is 268 Å². The van der Waals surface area contributed by atoms with E-state index in [9.17, 15) is 43.7 Å². The van der Waals surface area contributed by atoms with Crippen LogP contribution in [0.5, 0.6) is 0 Å². The number of unbranched alkanes of at least 4 members (excludes halogenated alkanes) is 2. The first-order valence-corrected chi connectivity index (χ1v) is 17.1. The maximum atomic E-state index is 11.3. The first-order chi connectivity index (χ1) is 22.0. The monoisotopic (exact) mass is 693 g/mol. The standard InChI is InChI=1S/C26H33N7O12P2/c34-24(35)6-4-2-1-3-5-19-11-22(32-9-7-20(28-32)13-30(15-25(36)37)17-46(40,41)42)27-23(12-19)33-10-8-21(29-33)14-31(16-26(38)39)18-47(43,44)45/h7-12H,1-2,4,6,13-18H2,(H,34,35)(H,36,37)(H,38,39)(H2,40,41,42)(H2,43,44,45)/p-4. The van der Waals surface area contributed by atoms with Crippen LogP contribution >= 0.6 is 15.9 Å². The molecule has 0 radical (unpaired) electrons. The third kappa shape index (κ3) is 14.2. The summed E-state index contributed by atoms with van der Waals surface area (Å²) < 4.78 is 2.59. The Morgan fingerprint density at radius 2 is 1.21 bits per heavy atom. The Balaban J connectivity index is 1.92. The number of carboxylic acid groups (broad SMARTS) is 3. The van der Waals surface area contributed by atoms with Gasteiger partial charge in [0.25, 0.3) is 0 Å². The SMILES string of the molecule is O=C(O)CCCCC#Cc1cc(-n2ccc(CN(CC(=O)O)C[P+]([O-])([O-])[O-])n2)nc(-n2ccc(CN(CC(=O)O)C[P+]([O-])([O-])[O-])n2)c1. The quantitative estimate of drug-likeness (QED) is 0.0646. The van der Waals surface area contributed by atoms with Gasteiger partial charge in [-0.3, -0.25) is 24.2 Å². The molecule has 0 aliphatic heterocycles. The number of carboxylic acids is 3. The Bertz CT molecular complexity index is 1510. The third-order valence-electron chi connectivity index (χ3n) is 5.97. The molecule has 0 aromatic carbocycles. The molecule has 19 nitrogen and oxygen atoms in total. The summed E-state index contributed by atoms with van der Waals surface area (Å²) >= 11 is 0. The first-order valence-electron chi connectivity index (χ1n) is 13.7. The lowest BCUT2D eigenvalue weighted by molar-refractivity contribution is -0.431. The topological polar surface area (TPSA) is 305 Å². The molecule has 0 fully saturated rings. The Kier molecular flexibility index (Phi) is 13.4. The van der Waals surface area contributed by atoms with Crippen molar-refractivity contribution >= 4 is 33.8 Å². The van der Waals surface area contributed by atoms with Crippen molar-refractivity contribution in [2.45, 2.75) is 38.8 Å². The summed E-state index contributed by atoms with van der Waals surface area (Å²) in [6.07, 6.45) is 2.22. The molecule has 254 valence electrons. The van der Waals surface area contributed by atoms with E-state index in [0.717, 1.165) is 9.80 Å². The molecule has 0 amide bonds. The lowest BCUT2D eigenvalue weighted by Gasteiger charge is -2.44. The molecule has 21 heteroatoms. The van der Waals surface area contributed by atoms with E-state index in [1.165, 1.54) is 33.9 Å². The van der Waals surface area contributed by atoms with Crippen molar-refractivity contribution in [2.75, 3.05) is 25.7 Å². The van der Waals surface area contributed by atoms with Crippen LogP contribution in [0.3, 0.4) is 0 Å². The average molecular weight is 694 g/mol. The molecule has 0 aliphatic rings. The fourth-order valence-electron chi connectivity index (χ4n) is 4.25. The van der Waals surface area contributed by atoms with Gasteiger partial charge >= 0.3 is 17.9 Å². The normalized spacial score (nSPS) is 11.9. The molecule has 0 saturated heterocycles. The molecule has 0 aliphatic carbocycles. The maximum absolute atomic E-state index is 11.3. The molecule has 0 atom stereocenters. The zero-order chi connectivity index (χ0) is 34.8. The van der Waals surface area contributed by atoms with E-state index in [1.807, 2.05) is 0 Å². The highest BCUT2D eigenvalue weighted by Gasteiger charge is 2.18. The van der Waals surface area contributed by atoms with Crippen LogP contribution in [0.1, 0.15) is 42.6 Å². The number of pyridine rings is 1. The highest BCUT2D eigenvalue weighted by atomic mass is 31.2. The van der Waals surface area contributed by atoms with Crippen LogP contribution in [0.2, 0.25) is 0 Å². The van der Waals surface area contributed by atoms with Gasteiger partial charge in [-0.05, 0) is 37.1 Å². The summed E-state index contributed by atoms with van der Waals surface area (Å²) in [7, 11) is -10.2. The molecule has 0 unspecified atom stereocenters. The van der Waals surface area contributed by atoms with Gasteiger partial charge in [-0.25, -0.2) is 14.3 Å². The van der Waals surface area contributed by atoms with Crippen molar-refractivity contribution < 1.29 is 59.1 Å². The third-order valence-corrected chi connectivity index (χ3v) is 7.46. The predicted molar refractivity (Wildman–Crippen MR) is 151 cm³/mol. The molecule has 3 rings (SSSR count). The average Bonchev–Trinajstić information content (AvgIpc) is 3.57. The number of carbonyl (C=O) groups is 3. The molecule has 0 spiro atoms. The minimum absolute atomic E-state index is 0.00462. The Hall–Kier alpha value is -3.92. The minimum Gasteiger partial charge on any atom is -0.687 e. The summed E-state index contributed by atoms with van der Waals surface area (Å²) in [5.41, 5.74) is 0.855. The van der Waals surface area contributed by atoms with Crippen LogP contribution in [0.25, 0.3) is 11.6 Å². The van der Waals surface area contributed by atoms with Gasteiger partial charge in [0.15, 0.2) is 11.6 Å². The first kappa shape index (κ1) is 37.5. The number of hydrogen-bond acceptors (Lipinski definition) is 14. The second kappa shape index (κ2) is 16.8. The summed E-state index contributed by atoms with van der Waals surface area (Å²) in [4.78, 5) is 107. The van der Waals surface area contributed by atoms with Crippen LogP contribution in [0.15, 0.2) is 36.7 Å². The van der Waals surface area contributed by atoms with Crippen molar-refractivity contribution in [3.05, 3.63) is 53.6 Å². The summed E-state index contributed by atoms with van der Waals surface area (Å²) in [5, 5.41) is 35.7. The lowest BCUT2D eigenvalue weighted by Crippen LogP contribution is -2.43. The lowest BCUT2D eigenvalue weighted by atomic mass is 10.2. The van der Waals surface area contributed by atoms with Gasteiger partial charge in [0.2, 0.25) is 0 Å². The zero-order valence-corrected chi connectivity index (χ0v) is 26.4. The van der Waals surface area contributed by atoms with Gasteiger partial charge in [0.05, 0.1) is 37.0 Å². The summed E-state index contributed by atoms with van der Waals surface area (Å²) in [5.74, 6) is 2.67. The molecule has 3 heterocycles. The second-order valence-corrected chi connectivity index (χ2v) is 13.3. The van der Waals surface area contributed by atoms with Crippen molar-refractivity contribution in [1.82, 2.24) is 34.3 Å². The number of aliphatic carboxylic acids is 3. The molecule has 3 N–H and O–H groups in total. The molecule has 3 aromatic heterocycles. The van der Waals surface area contributed by atoms with Crippen molar-refractivity contribution in [1.29, 1.82) is 0 Å². The zero-order valence-electron chi connectivity index (χ0n) is 24.6. The minimum atomic E-state index is -5.08. The Morgan fingerprint density at radius 1 is 0.745 bits per heavy atom. The highest BCUT2D eigenvalue weighted by molar-refractivity contribution is 7.54. The number of rotatable bonds is 18. The van der Waals surface area contributed by atoms with Gasteiger partial charge < -0.3 is 44.7 Å². The molecule has 3 aromatic rings. The molecule has 0 bridgehead atoms. The van der Waals surface area contributed by atoms with Gasteiger partial charge in [-0.2, -0.15) is 10.2 Å². The largest absolute Gasteiger partial charge is 0.687 e. The van der Waals surface area contributed by atoms with E-state index >= 15 is 0 Å². The Morgan fingerprint density at radius 3 is 1.62 bits per heavy atom. The predicted octanol–water partition coefficient (Wildman–Crippen LogP) is -4.18. The summed E-state index contributed by atoms with van der Waals surface area (Å²) in [6.45, 7) is -2.03. The molecular formula is C26H29N7O12P2-4. The number of hydrogen-bond donors (Lipinski definition) is 3. The van der Waals surface area contributed by atoms with Crippen LogP contribution in [-0.2, 0) is 27.5 Å². The van der Waals surface area contributed by atoms with E-state index in [1.54, 1.807) is 12.1 Å². The van der Waals surface area contributed by atoms with E-state index in [2.05, 4.69) is 27.0 Å².